The maximum atomic E-state index is 14.7. The van der Waals surface area contributed by atoms with Crippen LogP contribution in [0.5, 0.6) is 0 Å². The molecule has 2 saturated heterocycles. The van der Waals surface area contributed by atoms with Gasteiger partial charge in [0.15, 0.2) is 17.0 Å². The number of fused-ring (bicyclic) bond motifs is 5. The van der Waals surface area contributed by atoms with Gasteiger partial charge in [-0.25, -0.2) is 19.4 Å². The molecule has 20 heteroatoms. The summed E-state index contributed by atoms with van der Waals surface area (Å²) in [5, 5.41) is 43.2. The van der Waals surface area contributed by atoms with E-state index < -0.39 is 77.7 Å². The van der Waals surface area contributed by atoms with Crippen LogP contribution in [0.3, 0.4) is 0 Å². The molecular weight excluding hydrogens is 1070 g/mol. The van der Waals surface area contributed by atoms with Crippen molar-refractivity contribution in [3.63, 3.8) is 0 Å². The molecule has 1 unspecified atom stereocenters. The van der Waals surface area contributed by atoms with Gasteiger partial charge < -0.3 is 49.9 Å². The summed E-state index contributed by atoms with van der Waals surface area (Å²) in [4.78, 5) is 86.9. The maximum absolute atomic E-state index is 14.7. The first-order valence-corrected chi connectivity index (χ1v) is 30.2. The number of methoxy groups -OCH3 is 1. The number of hydrogen-bond donors (Lipinski definition) is 5. The summed E-state index contributed by atoms with van der Waals surface area (Å²) in [6.45, 7) is 16.8. The van der Waals surface area contributed by atoms with Gasteiger partial charge in [0.25, 0.3) is 17.7 Å². The third-order valence-electron chi connectivity index (χ3n) is 17.9. The van der Waals surface area contributed by atoms with Crippen LogP contribution in [0.2, 0.25) is 0 Å². The smallest absolute Gasteiger partial charge is 0.329 e. The Bertz CT molecular complexity index is 3140. The van der Waals surface area contributed by atoms with Crippen LogP contribution in [0.1, 0.15) is 152 Å². The average Bonchev–Trinajstić information content (AvgIpc) is 2.22. The van der Waals surface area contributed by atoms with E-state index >= 15 is 0 Å². The van der Waals surface area contributed by atoms with Crippen LogP contribution in [0.25, 0.3) is 33.4 Å². The number of ketones is 3. The molecule has 8 rings (SSSR count). The molecule has 1 aliphatic carbocycles. The second kappa shape index (κ2) is 27.7. The molecule has 4 aliphatic rings. The third-order valence-corrected chi connectivity index (χ3v) is 17.9. The second-order valence-electron chi connectivity index (χ2n) is 24.8. The molecule has 3 aliphatic heterocycles. The Morgan fingerprint density at radius 1 is 0.905 bits per heavy atom. The van der Waals surface area contributed by atoms with Crippen molar-refractivity contribution < 1.29 is 57.9 Å². The first kappa shape index (κ1) is 63.6. The molecule has 3 aromatic heterocycles. The zero-order chi connectivity index (χ0) is 60.7. The number of nitrogens with two attached hydrogens (primary N) is 1. The van der Waals surface area contributed by atoms with Crippen LogP contribution in [0, 0.1) is 35.5 Å². The average molecular weight is 1160 g/mol. The number of aromatic nitrogens is 5. The Hall–Kier alpha value is -6.45. The number of nitrogens with zero attached hydrogens (tertiary/aromatic N) is 6. The molecule has 456 valence electrons. The lowest BCUT2D eigenvalue weighted by Gasteiger charge is -2.43. The number of anilines is 2. The number of ether oxygens (including phenoxy) is 3. The normalized spacial score (nSPS) is 33.2. The molecule has 0 spiro atoms. The Labute approximate surface area is 492 Å². The summed E-state index contributed by atoms with van der Waals surface area (Å²) in [6, 6.07) is 3.98. The van der Waals surface area contributed by atoms with E-state index in [0.717, 1.165) is 24.0 Å². The molecule has 3 fully saturated rings. The summed E-state index contributed by atoms with van der Waals surface area (Å²) in [5.74, 6) is -7.93. The van der Waals surface area contributed by atoms with Gasteiger partial charge in [-0.3, -0.25) is 19.2 Å². The second-order valence-corrected chi connectivity index (χ2v) is 24.8. The zero-order valence-corrected chi connectivity index (χ0v) is 50.5. The molecule has 1 amide bonds. The standard InChI is InChI=1S/C64H88N8O12/c1-35(2)72-60-53(59(65)66-34-67-60)54(70-72)44-22-26-51-48(31-44)69-63(83-51)68-47-32-46-25-19-42(9)64(80,84-46)58(77)61(78)71-27-15-14-18-49(71)62(79)82-52(39(6)30-43-20-23-45(73)24-21-43)33-50(74)38(5)29-41(8)56(76)57(81-10)55(75)40(7)28-36(3)16-12-11-13-17-37(47)4/h11-13,16-17,22,26,29,31,34-36,38-40,42-43,45-47,49,52,56-57,73,76,80H,14-15,18-21,23-25,27-28,30,32-33H2,1-10H3,(H,68,69)(H2,65,66,67)/b13-11+,16-12+,37-17-,41-29+/t36-,38-,39?,40-,42-,43-,45+,46+,47-,49+,52+,56-,57+,64-/m1/s1. The number of benzene rings is 1. The van der Waals surface area contributed by atoms with Crippen molar-refractivity contribution in [1.82, 2.24) is 29.6 Å². The number of esters is 1. The highest BCUT2D eigenvalue weighted by Gasteiger charge is 2.53. The number of carbonyl (C=O) groups excluding carboxylic acids is 5. The lowest BCUT2D eigenvalue weighted by atomic mass is 9.79. The molecule has 4 aromatic rings. The van der Waals surface area contributed by atoms with Gasteiger partial charge in [-0.1, -0.05) is 76.6 Å². The quantitative estimate of drug-likeness (QED) is 0.0624. The molecule has 1 aromatic carbocycles. The highest BCUT2D eigenvalue weighted by atomic mass is 16.6. The van der Waals surface area contributed by atoms with Crippen molar-refractivity contribution in [1.29, 1.82) is 0 Å². The minimum absolute atomic E-state index is 0.00822. The number of piperidine rings is 1. The Morgan fingerprint density at radius 2 is 1.65 bits per heavy atom. The lowest BCUT2D eigenvalue weighted by Crippen LogP contribution is -2.61. The van der Waals surface area contributed by atoms with Crippen LogP contribution in [-0.4, -0.2) is 136 Å². The van der Waals surface area contributed by atoms with Crippen molar-refractivity contribution in [2.24, 2.45) is 35.5 Å². The SMILES string of the molecule is CO[C@H]1C(=O)[C@H](C)C[C@H](C)/C=C/C=C/C=C(/C)[C@H](Nc2nc3cc(-c4nn(C(C)C)c5ncnc(N)c45)ccc3o2)C[C@@H]2CC[C@@H](C)[C@@](O)(O2)C(=O)C(=O)N2CCCC[C@H]2C(=O)O[C@H](C(C)C[C@H]2CC[C@@H](O)CC2)CC(=O)[C@H](C)/C=C(\C)[C@H]1O. The van der Waals surface area contributed by atoms with E-state index in [2.05, 4.69) is 15.3 Å². The number of aliphatic hydroxyl groups is 3. The number of hydrogen-bond acceptors (Lipinski definition) is 18. The van der Waals surface area contributed by atoms with Crippen LogP contribution in [-0.2, 0) is 38.2 Å². The summed E-state index contributed by atoms with van der Waals surface area (Å²) in [5.41, 5.74) is 10.5. The minimum Gasteiger partial charge on any atom is -0.460 e. The predicted octanol–water partition coefficient (Wildman–Crippen LogP) is 9.13. The van der Waals surface area contributed by atoms with Crippen molar-refractivity contribution in [3.8, 4) is 11.3 Å². The highest BCUT2D eigenvalue weighted by molar-refractivity contribution is 6.39. The largest absolute Gasteiger partial charge is 0.460 e. The number of aliphatic hydroxyl groups excluding tert-OH is 2. The maximum Gasteiger partial charge on any atom is 0.329 e. The molecule has 12 atom stereocenters. The van der Waals surface area contributed by atoms with Crippen LogP contribution >= 0.6 is 0 Å². The van der Waals surface area contributed by atoms with Gasteiger partial charge in [-0.2, -0.15) is 10.1 Å². The number of allylic oxidation sites excluding steroid dienone is 6. The van der Waals surface area contributed by atoms with Crippen molar-refractivity contribution >= 4 is 63.2 Å². The molecule has 6 heterocycles. The van der Waals surface area contributed by atoms with Gasteiger partial charge >= 0.3 is 5.97 Å². The fraction of sp³-hybridized carbons (Fsp3) is 0.609. The van der Waals surface area contributed by atoms with Gasteiger partial charge in [0.05, 0.1) is 23.6 Å². The predicted molar refractivity (Wildman–Crippen MR) is 319 cm³/mol. The summed E-state index contributed by atoms with van der Waals surface area (Å²) >= 11 is 0. The van der Waals surface area contributed by atoms with Gasteiger partial charge in [0, 0.05) is 49.4 Å². The van der Waals surface area contributed by atoms with Gasteiger partial charge in [0.1, 0.15) is 53.5 Å². The van der Waals surface area contributed by atoms with Crippen molar-refractivity contribution in [2.45, 2.75) is 200 Å². The number of cyclic esters (lactones) is 1. The number of oxazole rings is 1. The molecule has 6 N–H and O–H groups in total. The Kier molecular flexibility index (Phi) is 21.0. The fourth-order valence-corrected chi connectivity index (χ4v) is 12.6. The topological polar surface area (TPSA) is 285 Å². The molecule has 0 radical (unpaired) electrons. The third kappa shape index (κ3) is 14.6. The lowest BCUT2D eigenvalue weighted by molar-refractivity contribution is -0.263. The molecular formula is C64H88N8O12. The van der Waals surface area contributed by atoms with Crippen LogP contribution in [0.15, 0.2) is 76.5 Å². The first-order chi connectivity index (χ1) is 40.0. The van der Waals surface area contributed by atoms with E-state index in [4.69, 9.17) is 34.4 Å². The van der Waals surface area contributed by atoms with Gasteiger partial charge in [0.2, 0.25) is 5.79 Å². The molecule has 20 nitrogen and oxygen atoms in total. The van der Waals surface area contributed by atoms with Gasteiger partial charge in [-0.15, -0.1) is 0 Å². The molecule has 2 bridgehead atoms. The fourth-order valence-electron chi connectivity index (χ4n) is 12.6. The van der Waals surface area contributed by atoms with E-state index in [0.29, 0.717) is 90.6 Å². The van der Waals surface area contributed by atoms with E-state index in [-0.39, 0.29) is 73.3 Å². The molecule has 1 saturated carbocycles. The number of amides is 1. The number of Topliss-reactive ketones (excluding diaryl/α,β-unsaturated/α-hetero) is 3. The van der Waals surface area contributed by atoms with E-state index in [1.165, 1.54) is 18.3 Å². The number of nitrogens with one attached hydrogen (secondary N) is 1. The van der Waals surface area contributed by atoms with E-state index in [1.807, 2.05) is 84.1 Å². The van der Waals surface area contributed by atoms with Gasteiger partial charge in [-0.05, 0) is 146 Å². The number of rotatable bonds is 8. The van der Waals surface area contributed by atoms with E-state index in [1.54, 1.807) is 37.6 Å². The Morgan fingerprint density at radius 3 is 2.38 bits per heavy atom. The summed E-state index contributed by atoms with van der Waals surface area (Å²) in [6.07, 6.45) is 14.0. The summed E-state index contributed by atoms with van der Waals surface area (Å²) in [7, 11) is 1.38. The molecule has 84 heavy (non-hydrogen) atoms. The number of nitrogen functional groups attached to an aromatic ring is 1. The van der Waals surface area contributed by atoms with Crippen molar-refractivity contribution in [2.75, 3.05) is 24.7 Å². The number of carbonyl (C=O) groups is 5. The Balaban J connectivity index is 1.11. The minimum atomic E-state index is -2.54. The monoisotopic (exact) mass is 1160 g/mol. The van der Waals surface area contributed by atoms with E-state index in [9.17, 15) is 39.3 Å². The van der Waals surface area contributed by atoms with Crippen molar-refractivity contribution in [3.05, 3.63) is 72.1 Å². The zero-order valence-electron chi connectivity index (χ0n) is 50.5. The van der Waals surface area contributed by atoms with Crippen LogP contribution < -0.4 is 11.1 Å². The summed E-state index contributed by atoms with van der Waals surface area (Å²) < 4.78 is 26.5. The first-order valence-electron chi connectivity index (χ1n) is 30.2. The highest BCUT2D eigenvalue weighted by Crippen LogP contribution is 2.39. The van der Waals surface area contributed by atoms with Crippen LogP contribution in [0.4, 0.5) is 11.8 Å².